The van der Waals surface area contributed by atoms with Gasteiger partial charge in [-0.05, 0) is 53.7 Å². The van der Waals surface area contributed by atoms with Gasteiger partial charge in [-0.1, -0.05) is 45.7 Å². The minimum Gasteiger partial charge on any atom is -0.488 e. The number of nitro benzene ring substituents is 1. The summed E-state index contributed by atoms with van der Waals surface area (Å²) < 4.78 is 20.6. The molecule has 0 bridgehead atoms. The van der Waals surface area contributed by atoms with Crippen molar-refractivity contribution in [3.63, 3.8) is 0 Å². The van der Waals surface area contributed by atoms with Crippen LogP contribution >= 0.6 is 39.3 Å². The summed E-state index contributed by atoms with van der Waals surface area (Å²) in [4.78, 5) is 37.0. The molecule has 7 nitrogen and oxygen atoms in total. The van der Waals surface area contributed by atoms with Gasteiger partial charge in [-0.15, -0.1) is 0 Å². The Bertz CT molecular complexity index is 1350. The van der Waals surface area contributed by atoms with Crippen LogP contribution in [0, 0.1) is 15.9 Å². The van der Waals surface area contributed by atoms with E-state index in [1.807, 2.05) is 0 Å². The smallest absolute Gasteiger partial charge is 0.293 e. The minimum absolute atomic E-state index is 0.0202. The van der Waals surface area contributed by atoms with Gasteiger partial charge in [-0.25, -0.2) is 4.39 Å². The number of ether oxygens (including phenoxy) is 1. The van der Waals surface area contributed by atoms with Crippen molar-refractivity contribution < 1.29 is 23.6 Å². The Morgan fingerprint density at radius 2 is 1.89 bits per heavy atom. The average molecular weight is 578 g/mol. The minimum atomic E-state index is -0.523. The van der Waals surface area contributed by atoms with Crippen LogP contribution in [0.25, 0.3) is 6.08 Å². The van der Waals surface area contributed by atoms with Gasteiger partial charge in [-0.2, -0.15) is 0 Å². The molecule has 2 amide bonds. The number of rotatable bonds is 7. The summed E-state index contributed by atoms with van der Waals surface area (Å²) >= 11 is 10.2. The lowest BCUT2D eigenvalue weighted by atomic mass is 10.1. The number of hydrogen-bond donors (Lipinski definition) is 0. The van der Waals surface area contributed by atoms with Crippen LogP contribution < -0.4 is 4.74 Å². The molecule has 178 valence electrons. The quantitative estimate of drug-likeness (QED) is 0.171. The summed E-state index contributed by atoms with van der Waals surface area (Å²) in [6, 6.07) is 15.1. The number of imide groups is 1. The van der Waals surface area contributed by atoms with Crippen LogP contribution in [-0.2, 0) is 17.9 Å². The molecule has 4 rings (SSSR count). The fraction of sp³-hybridized carbons (Fsp3) is 0.0833. The third-order valence-electron chi connectivity index (χ3n) is 5.05. The van der Waals surface area contributed by atoms with Gasteiger partial charge in [0, 0.05) is 27.7 Å². The number of hydrogen-bond acceptors (Lipinski definition) is 6. The maximum absolute atomic E-state index is 14.1. The molecule has 11 heteroatoms. The highest BCUT2D eigenvalue weighted by Gasteiger charge is 2.35. The Morgan fingerprint density at radius 1 is 1.14 bits per heavy atom. The number of benzene rings is 3. The topological polar surface area (TPSA) is 89.8 Å². The van der Waals surface area contributed by atoms with Gasteiger partial charge in [0.05, 0.1) is 21.4 Å². The first kappa shape index (κ1) is 24.9. The molecule has 0 aromatic heterocycles. The van der Waals surface area contributed by atoms with E-state index in [-0.39, 0.29) is 34.3 Å². The number of nitrogens with zero attached hydrogens (tertiary/aromatic N) is 2. The fourth-order valence-corrected chi connectivity index (χ4v) is 4.69. The lowest BCUT2D eigenvalue weighted by molar-refractivity contribution is -0.384. The maximum atomic E-state index is 14.1. The zero-order valence-corrected chi connectivity index (χ0v) is 20.9. The largest absolute Gasteiger partial charge is 0.488 e. The Hall–Kier alpha value is -3.21. The van der Waals surface area contributed by atoms with E-state index in [2.05, 4.69) is 15.9 Å². The monoisotopic (exact) mass is 576 g/mol. The van der Waals surface area contributed by atoms with Crippen LogP contribution in [0.15, 0.2) is 70.0 Å². The molecular formula is C24H15BrClFN2O5S. The van der Waals surface area contributed by atoms with Crippen molar-refractivity contribution in [1.82, 2.24) is 4.90 Å². The highest BCUT2D eigenvalue weighted by molar-refractivity contribution is 9.10. The number of carbonyl (C=O) groups is 2. The number of halogens is 3. The summed E-state index contributed by atoms with van der Waals surface area (Å²) in [5, 5.41) is 10.6. The molecule has 35 heavy (non-hydrogen) atoms. The van der Waals surface area contributed by atoms with Gasteiger partial charge in [0.2, 0.25) is 0 Å². The molecule has 0 saturated carbocycles. The van der Waals surface area contributed by atoms with E-state index < -0.39 is 21.9 Å². The zero-order valence-electron chi connectivity index (χ0n) is 17.7. The first-order valence-corrected chi connectivity index (χ1v) is 12.1. The molecule has 3 aromatic carbocycles. The van der Waals surface area contributed by atoms with E-state index in [1.54, 1.807) is 24.3 Å². The molecule has 0 atom stereocenters. The summed E-state index contributed by atoms with van der Waals surface area (Å²) in [5.74, 6) is -0.625. The Morgan fingerprint density at radius 3 is 2.57 bits per heavy atom. The molecule has 1 aliphatic heterocycles. The van der Waals surface area contributed by atoms with Crippen LogP contribution in [0.3, 0.4) is 0 Å². The third-order valence-corrected chi connectivity index (χ3v) is 6.81. The number of carbonyl (C=O) groups excluding carboxylic acids is 2. The number of nitro groups is 1. The maximum Gasteiger partial charge on any atom is 0.293 e. The van der Waals surface area contributed by atoms with Gasteiger partial charge in [-0.3, -0.25) is 24.6 Å². The predicted octanol–water partition coefficient (Wildman–Crippen LogP) is 6.97. The van der Waals surface area contributed by atoms with Crippen molar-refractivity contribution in [1.29, 1.82) is 0 Å². The SMILES string of the molecule is O=C1S/C(=C\c2cc(Br)ccc2OCc2c(F)cccc2Cl)C(=O)N1Cc1ccc([N+](=O)[O-])cc1. The standard InChI is InChI=1S/C24H15BrClFN2O5S/c25-16-6-9-21(34-13-18-19(26)2-1-3-20(18)27)15(10-16)11-22-23(30)28(24(31)35-22)12-14-4-7-17(8-5-14)29(32)33/h1-11H,12-13H2/b22-11-. The summed E-state index contributed by atoms with van der Waals surface area (Å²) in [6.07, 6.45) is 1.53. The number of non-ortho nitro benzene ring substituents is 1. The van der Waals surface area contributed by atoms with Gasteiger partial charge in [0.25, 0.3) is 16.8 Å². The van der Waals surface area contributed by atoms with Crippen molar-refractivity contribution in [2.24, 2.45) is 0 Å². The molecule has 1 saturated heterocycles. The van der Waals surface area contributed by atoms with Gasteiger partial charge >= 0.3 is 0 Å². The van der Waals surface area contributed by atoms with Gasteiger partial charge in [0.15, 0.2) is 0 Å². The van der Waals surface area contributed by atoms with E-state index in [0.29, 0.717) is 21.3 Å². The lowest BCUT2D eigenvalue weighted by Gasteiger charge is -2.13. The van der Waals surface area contributed by atoms with Gasteiger partial charge in [0.1, 0.15) is 18.2 Å². The van der Waals surface area contributed by atoms with Crippen molar-refractivity contribution in [2.75, 3.05) is 0 Å². The van der Waals surface area contributed by atoms with Crippen molar-refractivity contribution in [2.45, 2.75) is 13.2 Å². The van der Waals surface area contributed by atoms with E-state index >= 15 is 0 Å². The van der Waals surface area contributed by atoms with Gasteiger partial charge < -0.3 is 4.74 Å². The molecular weight excluding hydrogens is 563 g/mol. The highest BCUT2D eigenvalue weighted by atomic mass is 79.9. The van der Waals surface area contributed by atoms with Crippen LogP contribution in [-0.4, -0.2) is 21.0 Å². The third kappa shape index (κ3) is 5.72. The molecule has 0 N–H and O–H groups in total. The van der Waals surface area contributed by atoms with Crippen LogP contribution in [0.4, 0.5) is 14.9 Å². The second-order valence-electron chi connectivity index (χ2n) is 7.36. The Kier molecular flexibility index (Phi) is 7.54. The Balaban J connectivity index is 1.55. The number of amides is 2. The van der Waals surface area contributed by atoms with Crippen LogP contribution in [0.2, 0.25) is 5.02 Å². The Labute approximate surface area is 216 Å². The molecule has 1 fully saturated rings. The first-order chi connectivity index (χ1) is 16.7. The molecule has 3 aromatic rings. The predicted molar refractivity (Wildman–Crippen MR) is 134 cm³/mol. The molecule has 1 heterocycles. The molecule has 0 aliphatic carbocycles. The van der Waals surface area contributed by atoms with Crippen molar-refractivity contribution >= 4 is 62.2 Å². The average Bonchev–Trinajstić information content (AvgIpc) is 3.07. The molecule has 1 aliphatic rings. The van der Waals surface area contributed by atoms with E-state index in [1.165, 1.54) is 42.5 Å². The van der Waals surface area contributed by atoms with E-state index in [9.17, 15) is 24.1 Å². The summed E-state index contributed by atoms with van der Waals surface area (Å²) in [5.41, 5.74) is 1.20. The molecule has 0 spiro atoms. The van der Waals surface area contributed by atoms with Crippen LogP contribution in [0.5, 0.6) is 5.75 Å². The fourth-order valence-electron chi connectivity index (χ4n) is 3.27. The van der Waals surface area contributed by atoms with Crippen LogP contribution in [0.1, 0.15) is 16.7 Å². The normalized spacial score (nSPS) is 14.6. The summed E-state index contributed by atoms with van der Waals surface area (Å²) in [7, 11) is 0. The second-order valence-corrected chi connectivity index (χ2v) is 9.68. The van der Waals surface area contributed by atoms with E-state index in [0.717, 1.165) is 16.7 Å². The molecule has 0 unspecified atom stereocenters. The van der Waals surface area contributed by atoms with Crippen molar-refractivity contribution in [3.05, 3.63) is 108 Å². The lowest BCUT2D eigenvalue weighted by Crippen LogP contribution is -2.27. The molecule has 0 radical (unpaired) electrons. The second kappa shape index (κ2) is 10.6. The zero-order chi connectivity index (χ0) is 25.1. The van der Waals surface area contributed by atoms with Crippen molar-refractivity contribution in [3.8, 4) is 5.75 Å². The first-order valence-electron chi connectivity index (χ1n) is 10.1. The van der Waals surface area contributed by atoms with E-state index in [4.69, 9.17) is 16.3 Å². The summed E-state index contributed by atoms with van der Waals surface area (Å²) in [6.45, 7) is -0.150. The number of thioether (sulfide) groups is 1. The highest BCUT2D eigenvalue weighted by Crippen LogP contribution is 2.36.